The summed E-state index contributed by atoms with van der Waals surface area (Å²) in [5, 5.41) is 8.88. The smallest absolute Gasteiger partial charge is 0.323 e. The predicted molar refractivity (Wildman–Crippen MR) is 85.9 cm³/mol. The highest BCUT2D eigenvalue weighted by Gasteiger charge is 2.49. The van der Waals surface area contributed by atoms with Gasteiger partial charge in [-0.15, -0.1) is 6.42 Å². The van der Waals surface area contributed by atoms with E-state index in [4.69, 9.17) is 23.9 Å². The van der Waals surface area contributed by atoms with Crippen molar-refractivity contribution in [2.24, 2.45) is 0 Å². The first-order valence-corrected chi connectivity index (χ1v) is 7.17. The molecule has 0 unspecified atom stereocenters. The molecule has 0 spiro atoms. The van der Waals surface area contributed by atoms with Crippen LogP contribution in [0.5, 0.6) is 0 Å². The van der Waals surface area contributed by atoms with Crippen molar-refractivity contribution in [1.82, 2.24) is 4.90 Å². The Balaban J connectivity index is 2.57. The van der Waals surface area contributed by atoms with Gasteiger partial charge in [-0.2, -0.15) is 18.4 Å². The second-order valence-corrected chi connectivity index (χ2v) is 5.98. The van der Waals surface area contributed by atoms with Crippen LogP contribution in [0.2, 0.25) is 0 Å². The lowest BCUT2D eigenvalue weighted by Crippen LogP contribution is -2.44. The summed E-state index contributed by atoms with van der Waals surface area (Å²) in [4.78, 5) is 15.1. The molecule has 0 aliphatic carbocycles. The molecule has 1 amide bonds. The third-order valence-corrected chi connectivity index (χ3v) is 4.16. The molecule has 1 heterocycles. The molecule has 1 aliphatic rings. The normalized spacial score (nSPS) is 17.0. The van der Waals surface area contributed by atoms with Gasteiger partial charge in [-0.05, 0) is 44.3 Å². The Bertz CT molecular complexity index is 802. The molecule has 2 rings (SSSR count). The Labute approximate surface area is 142 Å². The number of hydrogen-bond acceptors (Lipinski definition) is 3. The molecule has 0 atom stereocenters. The number of nitriles is 1. The fraction of sp³-hybridized carbons (Fsp3) is 0.312. The fourth-order valence-corrected chi connectivity index (χ4v) is 2.90. The van der Waals surface area contributed by atoms with Crippen molar-refractivity contribution in [2.75, 3.05) is 11.4 Å². The van der Waals surface area contributed by atoms with Gasteiger partial charge >= 0.3 is 6.18 Å². The van der Waals surface area contributed by atoms with Crippen LogP contribution < -0.4 is 4.90 Å². The Morgan fingerprint density at radius 2 is 2.00 bits per heavy atom. The third kappa shape index (κ3) is 2.70. The van der Waals surface area contributed by atoms with Gasteiger partial charge in [0.1, 0.15) is 5.54 Å². The summed E-state index contributed by atoms with van der Waals surface area (Å²) in [7, 11) is 0. The van der Waals surface area contributed by atoms with Gasteiger partial charge in [0.15, 0.2) is 5.11 Å². The maximum absolute atomic E-state index is 13.1. The van der Waals surface area contributed by atoms with Crippen LogP contribution in [-0.2, 0) is 11.0 Å². The highest BCUT2D eigenvalue weighted by molar-refractivity contribution is 7.80. The number of benzene rings is 1. The Morgan fingerprint density at radius 3 is 2.50 bits per heavy atom. The number of alkyl halides is 3. The Hall–Kier alpha value is -2.58. The van der Waals surface area contributed by atoms with Crippen LogP contribution in [0.1, 0.15) is 25.0 Å². The summed E-state index contributed by atoms with van der Waals surface area (Å²) in [6, 6.07) is 4.52. The van der Waals surface area contributed by atoms with Crippen LogP contribution in [0.4, 0.5) is 18.9 Å². The van der Waals surface area contributed by atoms with E-state index in [1.807, 2.05) is 0 Å². The number of carbonyl (C=O) groups excluding carboxylic acids is 1. The van der Waals surface area contributed by atoms with E-state index in [9.17, 15) is 18.0 Å². The van der Waals surface area contributed by atoms with E-state index in [0.717, 1.165) is 17.0 Å². The summed E-state index contributed by atoms with van der Waals surface area (Å²) < 4.78 is 39.4. The number of halogens is 3. The van der Waals surface area contributed by atoms with Crippen molar-refractivity contribution in [2.45, 2.75) is 25.6 Å². The number of thiocarbonyl (C=S) groups is 1. The maximum Gasteiger partial charge on any atom is 0.417 e. The summed E-state index contributed by atoms with van der Waals surface area (Å²) >= 11 is 5.22. The second-order valence-electron chi connectivity index (χ2n) is 5.61. The molecule has 1 saturated heterocycles. The van der Waals surface area contributed by atoms with Crippen molar-refractivity contribution >= 4 is 28.9 Å². The first-order valence-electron chi connectivity index (χ1n) is 6.76. The topological polar surface area (TPSA) is 47.3 Å². The van der Waals surface area contributed by atoms with E-state index in [-0.39, 0.29) is 17.3 Å². The van der Waals surface area contributed by atoms with Crippen LogP contribution in [0.15, 0.2) is 18.2 Å². The number of amides is 1. The van der Waals surface area contributed by atoms with Crippen LogP contribution in [0.3, 0.4) is 0 Å². The van der Waals surface area contributed by atoms with Gasteiger partial charge in [0.2, 0.25) is 0 Å². The van der Waals surface area contributed by atoms with Gasteiger partial charge in [-0.1, -0.05) is 5.92 Å². The number of hydrogen-bond donors (Lipinski definition) is 0. The zero-order chi connectivity index (χ0) is 18.3. The lowest BCUT2D eigenvalue weighted by atomic mass is 10.0. The SMILES string of the molecule is C#CCN1C(=S)N(c2ccc(C#N)c(C(F)(F)F)c2)C(=O)C1(C)C. The van der Waals surface area contributed by atoms with Crippen molar-refractivity contribution in [1.29, 1.82) is 5.26 Å². The van der Waals surface area contributed by atoms with Crippen molar-refractivity contribution in [3.05, 3.63) is 29.3 Å². The standard InChI is InChI=1S/C16H12F3N3OS/c1-4-7-21-14(24)22(13(23)15(21,2)3)11-6-5-10(9-20)12(8-11)16(17,18)19/h1,5-6,8H,7H2,2-3H3. The molecule has 4 nitrogen and oxygen atoms in total. The van der Waals surface area contributed by atoms with Gasteiger partial charge in [0.05, 0.1) is 29.4 Å². The van der Waals surface area contributed by atoms with Crippen molar-refractivity contribution < 1.29 is 18.0 Å². The zero-order valence-corrected chi connectivity index (χ0v) is 13.6. The summed E-state index contributed by atoms with van der Waals surface area (Å²) in [5.74, 6) is 1.89. The Kier molecular flexibility index (Phi) is 4.30. The number of carbonyl (C=O) groups is 1. The van der Waals surface area contributed by atoms with Gasteiger partial charge < -0.3 is 4.90 Å². The largest absolute Gasteiger partial charge is 0.417 e. The monoisotopic (exact) mass is 351 g/mol. The second kappa shape index (κ2) is 5.81. The molecule has 24 heavy (non-hydrogen) atoms. The van der Waals surface area contributed by atoms with Gasteiger partial charge in [0.25, 0.3) is 5.91 Å². The minimum atomic E-state index is -4.72. The van der Waals surface area contributed by atoms with E-state index in [2.05, 4.69) is 5.92 Å². The first kappa shape index (κ1) is 17.8. The third-order valence-electron chi connectivity index (χ3n) is 3.76. The van der Waals surface area contributed by atoms with Crippen LogP contribution in [0, 0.1) is 23.7 Å². The lowest BCUT2D eigenvalue weighted by Gasteiger charge is -2.27. The molecular formula is C16H12F3N3OS. The number of rotatable bonds is 2. The molecule has 1 aliphatic heterocycles. The van der Waals surface area contributed by atoms with E-state index in [0.29, 0.717) is 0 Å². The average Bonchev–Trinajstić information content (AvgIpc) is 2.66. The van der Waals surface area contributed by atoms with Crippen LogP contribution in [0.25, 0.3) is 0 Å². The number of terminal acetylenes is 1. The summed E-state index contributed by atoms with van der Waals surface area (Å²) in [5.41, 5.74) is -2.77. The quantitative estimate of drug-likeness (QED) is 0.607. The van der Waals surface area contributed by atoms with Gasteiger partial charge in [-0.3, -0.25) is 9.69 Å². The Morgan fingerprint density at radius 1 is 1.38 bits per heavy atom. The van der Waals surface area contributed by atoms with Crippen molar-refractivity contribution in [3.8, 4) is 18.4 Å². The minimum Gasteiger partial charge on any atom is -0.323 e. The molecule has 8 heteroatoms. The number of anilines is 1. The molecule has 1 aromatic carbocycles. The maximum atomic E-state index is 13.1. The molecular weight excluding hydrogens is 339 g/mol. The first-order chi connectivity index (χ1) is 11.1. The molecule has 1 aromatic rings. The molecule has 1 fully saturated rings. The van der Waals surface area contributed by atoms with E-state index < -0.39 is 28.7 Å². The summed E-state index contributed by atoms with van der Waals surface area (Å²) in [6.45, 7) is 3.23. The molecule has 0 saturated carbocycles. The lowest BCUT2D eigenvalue weighted by molar-refractivity contribution is -0.137. The molecule has 0 radical (unpaired) electrons. The number of nitrogens with zero attached hydrogens (tertiary/aromatic N) is 3. The highest BCUT2D eigenvalue weighted by atomic mass is 32.1. The molecule has 124 valence electrons. The van der Waals surface area contributed by atoms with E-state index in [1.54, 1.807) is 13.8 Å². The van der Waals surface area contributed by atoms with Crippen LogP contribution in [-0.4, -0.2) is 28.0 Å². The van der Waals surface area contributed by atoms with Gasteiger partial charge in [-0.25, -0.2) is 0 Å². The molecule has 0 bridgehead atoms. The van der Waals surface area contributed by atoms with Gasteiger partial charge in [0, 0.05) is 0 Å². The zero-order valence-electron chi connectivity index (χ0n) is 12.8. The molecule has 0 aromatic heterocycles. The van der Waals surface area contributed by atoms with Crippen molar-refractivity contribution in [3.63, 3.8) is 0 Å². The highest BCUT2D eigenvalue weighted by Crippen LogP contribution is 2.37. The predicted octanol–water partition coefficient (Wildman–Crippen LogP) is 2.92. The summed E-state index contributed by atoms with van der Waals surface area (Å²) in [6.07, 6.45) is 0.552. The van der Waals surface area contributed by atoms with E-state index >= 15 is 0 Å². The van der Waals surface area contributed by atoms with Crippen LogP contribution >= 0.6 is 12.2 Å². The fourth-order valence-electron chi connectivity index (χ4n) is 2.42. The average molecular weight is 351 g/mol. The minimum absolute atomic E-state index is 0.0285. The van der Waals surface area contributed by atoms with E-state index in [1.165, 1.54) is 17.0 Å². The molecule has 0 N–H and O–H groups in total.